The van der Waals surface area contributed by atoms with E-state index in [0.717, 1.165) is 36.8 Å². The Labute approximate surface area is 176 Å². The molecule has 0 unspecified atom stereocenters. The molecule has 0 bridgehead atoms. The minimum atomic E-state index is -0.124. The molecule has 29 heavy (non-hydrogen) atoms. The number of nitrogens with one attached hydrogen (secondary N) is 1. The van der Waals surface area contributed by atoms with Gasteiger partial charge in [-0.25, -0.2) is 4.68 Å². The molecule has 1 aliphatic rings. The minimum Gasteiger partial charge on any atom is -0.469 e. The molecule has 3 N–H and O–H groups in total. The van der Waals surface area contributed by atoms with Crippen LogP contribution in [0.5, 0.6) is 0 Å². The van der Waals surface area contributed by atoms with Crippen LogP contribution in [0.15, 0.2) is 21.9 Å². The molecule has 0 saturated carbocycles. The summed E-state index contributed by atoms with van der Waals surface area (Å²) < 4.78 is 6.69. The van der Waals surface area contributed by atoms with Crippen LogP contribution in [0.1, 0.15) is 41.0 Å². The number of carbonyl (C=O) groups is 1. The van der Waals surface area contributed by atoms with Crippen LogP contribution in [0.4, 0.5) is 5.00 Å². The molecule has 0 fully saturated rings. The van der Waals surface area contributed by atoms with Gasteiger partial charge in [-0.3, -0.25) is 4.79 Å². The summed E-state index contributed by atoms with van der Waals surface area (Å²) in [7, 11) is 0. The lowest BCUT2D eigenvalue weighted by atomic mass is 9.96. The maximum Gasteiger partial charge on any atom is 0.225 e. The van der Waals surface area contributed by atoms with E-state index in [2.05, 4.69) is 21.6 Å². The number of anilines is 1. The van der Waals surface area contributed by atoms with Gasteiger partial charge in [0.15, 0.2) is 5.82 Å². The van der Waals surface area contributed by atoms with Crippen molar-refractivity contribution in [2.75, 3.05) is 16.9 Å². The van der Waals surface area contributed by atoms with Crippen molar-refractivity contribution < 1.29 is 9.21 Å². The quantitative estimate of drug-likeness (QED) is 0.455. The van der Waals surface area contributed by atoms with E-state index in [0.29, 0.717) is 33.1 Å². The zero-order valence-corrected chi connectivity index (χ0v) is 17.5. The lowest BCUT2D eigenvalue weighted by Gasteiger charge is -2.09. The third-order valence-corrected chi connectivity index (χ3v) is 7.01. The number of nitrogen functional groups attached to an aromatic ring is 1. The lowest BCUT2D eigenvalue weighted by Crippen LogP contribution is -2.14. The first-order chi connectivity index (χ1) is 14.1. The fourth-order valence-electron chi connectivity index (χ4n) is 3.37. The van der Waals surface area contributed by atoms with Crippen LogP contribution in [-0.4, -0.2) is 26.5 Å². The van der Waals surface area contributed by atoms with Crippen LogP contribution in [0.3, 0.4) is 0 Å². The highest BCUT2D eigenvalue weighted by Crippen LogP contribution is 2.37. The number of aryl methyl sites for hydroxylation is 2. The highest BCUT2D eigenvalue weighted by molar-refractivity contribution is 7.99. The summed E-state index contributed by atoms with van der Waals surface area (Å²) in [5, 5.41) is 21.8. The number of thioether (sulfide) groups is 1. The molecule has 0 atom stereocenters. The fourth-order valence-corrected chi connectivity index (χ4v) is 5.42. The fraction of sp³-hybridized carbons (Fsp3) is 0.368. The molecule has 3 aromatic rings. The first-order valence-corrected chi connectivity index (χ1v) is 11.1. The zero-order chi connectivity index (χ0) is 20.4. The molecule has 4 rings (SSSR count). The molecule has 0 radical (unpaired) electrons. The van der Waals surface area contributed by atoms with Crippen molar-refractivity contribution in [3.8, 4) is 17.5 Å². The first kappa shape index (κ1) is 19.5. The molecule has 0 spiro atoms. The van der Waals surface area contributed by atoms with Crippen molar-refractivity contribution in [3.05, 3.63) is 34.1 Å². The Hall–Kier alpha value is -2.77. The number of nitriles is 1. The highest BCUT2D eigenvalue weighted by atomic mass is 32.2. The molecule has 150 valence electrons. The van der Waals surface area contributed by atoms with Crippen LogP contribution in [-0.2, 0) is 17.6 Å². The smallest absolute Gasteiger partial charge is 0.225 e. The number of thiophene rings is 1. The van der Waals surface area contributed by atoms with Crippen LogP contribution in [0.2, 0.25) is 0 Å². The Morgan fingerprint density at radius 3 is 3.03 bits per heavy atom. The Kier molecular flexibility index (Phi) is 5.60. The number of fused-ring (bicyclic) bond motifs is 1. The number of nitrogens with zero attached hydrogens (tertiary/aromatic N) is 4. The van der Waals surface area contributed by atoms with Gasteiger partial charge in [-0.15, -0.1) is 21.5 Å². The van der Waals surface area contributed by atoms with E-state index in [1.54, 1.807) is 12.3 Å². The van der Waals surface area contributed by atoms with Gasteiger partial charge in [0.25, 0.3) is 0 Å². The third kappa shape index (κ3) is 3.88. The summed E-state index contributed by atoms with van der Waals surface area (Å²) in [6.07, 6.45) is 6.01. The highest BCUT2D eigenvalue weighted by Gasteiger charge is 2.22. The normalized spacial score (nSPS) is 13.1. The number of aromatic nitrogens is 3. The van der Waals surface area contributed by atoms with E-state index >= 15 is 0 Å². The van der Waals surface area contributed by atoms with Crippen molar-refractivity contribution in [3.63, 3.8) is 0 Å². The SMILES string of the molecule is Cc1occc1-c1nnc(SCCC(=O)Nc2sc3c(c2C#N)CCCC3)n1N. The topological polar surface area (TPSA) is 123 Å². The monoisotopic (exact) mass is 428 g/mol. The van der Waals surface area contributed by atoms with Crippen molar-refractivity contribution in [1.29, 1.82) is 5.26 Å². The van der Waals surface area contributed by atoms with E-state index < -0.39 is 0 Å². The molecule has 3 heterocycles. The summed E-state index contributed by atoms with van der Waals surface area (Å²) in [6, 6.07) is 4.05. The Balaban J connectivity index is 1.36. The largest absolute Gasteiger partial charge is 0.469 e. The van der Waals surface area contributed by atoms with Crippen LogP contribution < -0.4 is 11.2 Å². The second-order valence-electron chi connectivity index (χ2n) is 6.74. The van der Waals surface area contributed by atoms with E-state index in [4.69, 9.17) is 10.3 Å². The lowest BCUT2D eigenvalue weighted by molar-refractivity contribution is -0.115. The minimum absolute atomic E-state index is 0.124. The number of amides is 1. The van der Waals surface area contributed by atoms with Crippen molar-refractivity contribution in [2.45, 2.75) is 44.2 Å². The van der Waals surface area contributed by atoms with Crippen LogP contribution in [0.25, 0.3) is 11.4 Å². The molecule has 3 aromatic heterocycles. The van der Waals surface area contributed by atoms with Crippen molar-refractivity contribution in [1.82, 2.24) is 14.9 Å². The predicted octanol–water partition coefficient (Wildman–Crippen LogP) is 3.49. The number of furan rings is 1. The van der Waals surface area contributed by atoms with Crippen molar-refractivity contribution >= 4 is 34.0 Å². The number of rotatable bonds is 6. The van der Waals surface area contributed by atoms with Crippen molar-refractivity contribution in [2.24, 2.45) is 0 Å². The summed E-state index contributed by atoms with van der Waals surface area (Å²) in [6.45, 7) is 1.83. The van der Waals surface area contributed by atoms with Gasteiger partial charge in [0, 0.05) is 17.1 Å². The van der Waals surface area contributed by atoms with E-state index in [9.17, 15) is 10.1 Å². The standard InChI is InChI=1S/C19H20N6O2S2/c1-11-12(6-8-27-11)17-23-24-19(25(17)21)28-9-7-16(26)22-18-14(10-20)13-4-2-3-5-15(13)29-18/h6,8H,2-5,7,9,21H2,1H3,(H,22,26). The molecule has 10 heteroatoms. The van der Waals surface area contributed by atoms with Crippen LogP contribution >= 0.6 is 23.1 Å². The molecule has 0 aromatic carbocycles. The van der Waals surface area contributed by atoms with Gasteiger partial charge in [-0.1, -0.05) is 11.8 Å². The van der Waals surface area contributed by atoms with E-state index in [-0.39, 0.29) is 12.3 Å². The molecular weight excluding hydrogens is 408 g/mol. The van der Waals surface area contributed by atoms with Gasteiger partial charge in [-0.2, -0.15) is 5.26 Å². The third-order valence-electron chi connectivity index (χ3n) is 4.86. The van der Waals surface area contributed by atoms with Gasteiger partial charge in [0.1, 0.15) is 16.8 Å². The zero-order valence-electron chi connectivity index (χ0n) is 15.9. The predicted molar refractivity (Wildman–Crippen MR) is 112 cm³/mol. The maximum atomic E-state index is 12.4. The van der Waals surface area contributed by atoms with Gasteiger partial charge >= 0.3 is 0 Å². The second-order valence-corrected chi connectivity index (χ2v) is 8.91. The Morgan fingerprint density at radius 1 is 1.45 bits per heavy atom. The Morgan fingerprint density at radius 2 is 2.28 bits per heavy atom. The average Bonchev–Trinajstić information content (AvgIpc) is 3.38. The molecule has 8 nitrogen and oxygen atoms in total. The maximum absolute atomic E-state index is 12.4. The van der Waals surface area contributed by atoms with Gasteiger partial charge < -0.3 is 15.6 Å². The summed E-state index contributed by atoms with van der Waals surface area (Å²) >= 11 is 2.89. The molecule has 1 aliphatic carbocycles. The first-order valence-electron chi connectivity index (χ1n) is 9.30. The summed E-state index contributed by atoms with van der Waals surface area (Å²) in [4.78, 5) is 13.6. The summed E-state index contributed by atoms with van der Waals surface area (Å²) in [5.41, 5.74) is 2.54. The summed E-state index contributed by atoms with van der Waals surface area (Å²) in [5.74, 6) is 7.70. The van der Waals surface area contributed by atoms with E-state index in [1.807, 2.05) is 6.92 Å². The molecular formula is C19H20N6O2S2. The average molecular weight is 429 g/mol. The van der Waals surface area contributed by atoms with Crippen LogP contribution in [0, 0.1) is 18.3 Å². The van der Waals surface area contributed by atoms with Gasteiger partial charge in [-0.05, 0) is 44.2 Å². The molecule has 0 aliphatic heterocycles. The van der Waals surface area contributed by atoms with E-state index in [1.165, 1.54) is 32.7 Å². The Bertz CT molecular complexity index is 1090. The number of hydrogen-bond donors (Lipinski definition) is 2. The number of carbonyl (C=O) groups excluding carboxylic acids is 1. The van der Waals surface area contributed by atoms with Gasteiger partial charge in [0.05, 0.1) is 17.4 Å². The molecule has 0 saturated heterocycles. The second kappa shape index (κ2) is 8.31. The van der Waals surface area contributed by atoms with Gasteiger partial charge in [0.2, 0.25) is 11.1 Å². The number of hydrogen-bond acceptors (Lipinski definition) is 8. The molecule has 1 amide bonds. The number of nitrogens with two attached hydrogens (primary N) is 1.